The van der Waals surface area contributed by atoms with Gasteiger partial charge in [0.25, 0.3) is 0 Å². The van der Waals surface area contributed by atoms with Gasteiger partial charge in [0.2, 0.25) is 0 Å². The van der Waals surface area contributed by atoms with Crippen molar-refractivity contribution in [1.82, 2.24) is 5.32 Å². The first kappa shape index (κ1) is 16.5. The van der Waals surface area contributed by atoms with Gasteiger partial charge in [0, 0.05) is 12.3 Å². The molecule has 0 aliphatic carbocycles. The van der Waals surface area contributed by atoms with Gasteiger partial charge in [-0.1, -0.05) is 27.7 Å². The fourth-order valence-corrected chi connectivity index (χ4v) is 0.967. The van der Waals surface area contributed by atoms with E-state index in [1.54, 1.807) is 7.05 Å². The number of Topliss-reactive ketones (excluding diaryl/α,β-unsaturated/α-hetero) is 1. The summed E-state index contributed by atoms with van der Waals surface area (Å²) in [5.41, 5.74) is 0. The Kier molecular flexibility index (Phi) is 10.6. The number of aliphatic carboxylic acids is 1. The van der Waals surface area contributed by atoms with Crippen LogP contribution in [-0.4, -0.2) is 29.9 Å². The van der Waals surface area contributed by atoms with Crippen molar-refractivity contribution in [1.29, 1.82) is 0 Å². The monoisotopic (exact) mass is 217 g/mol. The number of hydrogen-bond donors (Lipinski definition) is 2. The molecule has 0 amide bonds. The number of likely N-dealkylation sites (N-methyl/N-ethyl adjacent to an activating group) is 1. The number of carbonyl (C=O) groups excluding carboxylic acids is 1. The summed E-state index contributed by atoms with van der Waals surface area (Å²) < 4.78 is 0. The number of carboxylic acids is 1. The van der Waals surface area contributed by atoms with Crippen molar-refractivity contribution in [3.8, 4) is 0 Å². The molecule has 0 rings (SSSR count). The Morgan fingerprint density at radius 1 is 1.27 bits per heavy atom. The second-order valence-electron chi connectivity index (χ2n) is 3.34. The van der Waals surface area contributed by atoms with Crippen molar-refractivity contribution in [2.75, 3.05) is 7.05 Å². The average Bonchev–Trinajstić information content (AvgIpc) is 2.20. The van der Waals surface area contributed by atoms with E-state index in [-0.39, 0.29) is 11.7 Å². The Balaban J connectivity index is 0. The van der Waals surface area contributed by atoms with Gasteiger partial charge in [-0.05, 0) is 13.5 Å². The first-order valence-electron chi connectivity index (χ1n) is 5.41. The zero-order valence-corrected chi connectivity index (χ0v) is 10.3. The molecule has 2 N–H and O–H groups in total. The molecule has 4 nitrogen and oxygen atoms in total. The third kappa shape index (κ3) is 8.12. The molecule has 90 valence electrons. The van der Waals surface area contributed by atoms with E-state index in [4.69, 9.17) is 5.11 Å². The summed E-state index contributed by atoms with van der Waals surface area (Å²) in [7, 11) is 1.58. The standard InChI is InChI=1S/C9H17NO3.C2H6/c1-6(2)8(11)5-4-7(10-3)9(12)13;1-2/h6-7,10H,4-5H2,1-3H3,(H,12,13);1-2H3. The van der Waals surface area contributed by atoms with Gasteiger partial charge in [-0.2, -0.15) is 0 Å². The summed E-state index contributed by atoms with van der Waals surface area (Å²) in [6.07, 6.45) is 0.693. The van der Waals surface area contributed by atoms with E-state index >= 15 is 0 Å². The number of nitrogens with one attached hydrogen (secondary N) is 1. The smallest absolute Gasteiger partial charge is 0.320 e. The predicted molar refractivity (Wildman–Crippen MR) is 60.9 cm³/mol. The van der Waals surface area contributed by atoms with E-state index in [9.17, 15) is 9.59 Å². The van der Waals surface area contributed by atoms with Crippen LogP contribution in [0.2, 0.25) is 0 Å². The molecular weight excluding hydrogens is 194 g/mol. The Morgan fingerprint density at radius 2 is 1.73 bits per heavy atom. The largest absolute Gasteiger partial charge is 0.480 e. The maximum atomic E-state index is 11.2. The topological polar surface area (TPSA) is 66.4 Å². The summed E-state index contributed by atoms with van der Waals surface area (Å²) in [6, 6.07) is -0.609. The molecule has 0 radical (unpaired) electrons. The first-order valence-corrected chi connectivity index (χ1v) is 5.41. The van der Waals surface area contributed by atoms with Gasteiger partial charge in [0.1, 0.15) is 11.8 Å². The lowest BCUT2D eigenvalue weighted by atomic mass is 10.0. The van der Waals surface area contributed by atoms with Crippen LogP contribution >= 0.6 is 0 Å². The highest BCUT2D eigenvalue weighted by Gasteiger charge is 2.17. The van der Waals surface area contributed by atoms with E-state index in [1.807, 2.05) is 27.7 Å². The molecule has 0 spiro atoms. The number of carboxylic acid groups (broad SMARTS) is 1. The van der Waals surface area contributed by atoms with Crippen LogP contribution in [0, 0.1) is 5.92 Å². The van der Waals surface area contributed by atoms with Crippen molar-refractivity contribution in [2.45, 2.75) is 46.6 Å². The van der Waals surface area contributed by atoms with Gasteiger partial charge in [-0.25, -0.2) is 0 Å². The number of rotatable bonds is 6. The van der Waals surface area contributed by atoms with Crippen LogP contribution in [0.3, 0.4) is 0 Å². The minimum atomic E-state index is -0.904. The second kappa shape index (κ2) is 9.65. The van der Waals surface area contributed by atoms with E-state index < -0.39 is 12.0 Å². The normalized spacial score (nSPS) is 11.6. The summed E-state index contributed by atoms with van der Waals surface area (Å²) in [5, 5.41) is 11.3. The van der Waals surface area contributed by atoms with Gasteiger partial charge in [0.05, 0.1) is 0 Å². The molecule has 15 heavy (non-hydrogen) atoms. The van der Waals surface area contributed by atoms with Crippen molar-refractivity contribution < 1.29 is 14.7 Å². The highest BCUT2D eigenvalue weighted by molar-refractivity contribution is 5.81. The minimum absolute atomic E-state index is 0.00805. The third-order valence-electron chi connectivity index (χ3n) is 1.97. The highest BCUT2D eigenvalue weighted by Crippen LogP contribution is 2.04. The van der Waals surface area contributed by atoms with Crippen molar-refractivity contribution >= 4 is 11.8 Å². The fourth-order valence-electron chi connectivity index (χ4n) is 0.967. The number of carbonyl (C=O) groups is 2. The van der Waals surface area contributed by atoms with Crippen LogP contribution in [0.25, 0.3) is 0 Å². The Labute approximate surface area is 92.1 Å². The van der Waals surface area contributed by atoms with Gasteiger partial charge in [-0.3, -0.25) is 9.59 Å². The van der Waals surface area contributed by atoms with Crippen LogP contribution in [0.4, 0.5) is 0 Å². The lowest BCUT2D eigenvalue weighted by Crippen LogP contribution is -2.34. The Hall–Kier alpha value is -0.900. The molecule has 0 aliphatic rings. The van der Waals surface area contributed by atoms with Crippen molar-refractivity contribution in [3.63, 3.8) is 0 Å². The lowest BCUT2D eigenvalue weighted by molar-refractivity contribution is -0.139. The predicted octanol–water partition coefficient (Wildman–Crippen LogP) is 1.69. The van der Waals surface area contributed by atoms with E-state index in [0.29, 0.717) is 12.8 Å². The van der Waals surface area contributed by atoms with Crippen LogP contribution in [-0.2, 0) is 9.59 Å². The molecule has 0 bridgehead atoms. The quantitative estimate of drug-likeness (QED) is 0.710. The molecule has 0 aromatic heterocycles. The van der Waals surface area contributed by atoms with E-state index in [1.165, 1.54) is 0 Å². The van der Waals surface area contributed by atoms with Gasteiger partial charge in [-0.15, -0.1) is 0 Å². The molecule has 4 heteroatoms. The number of ketones is 1. The maximum absolute atomic E-state index is 11.2. The lowest BCUT2D eigenvalue weighted by Gasteiger charge is -2.10. The molecule has 0 aliphatic heterocycles. The molecule has 1 unspecified atom stereocenters. The molecule has 0 aromatic rings. The fraction of sp³-hybridized carbons (Fsp3) is 0.818. The van der Waals surface area contributed by atoms with E-state index in [0.717, 1.165) is 0 Å². The summed E-state index contributed by atoms with van der Waals surface area (Å²) in [6.45, 7) is 7.63. The number of hydrogen-bond acceptors (Lipinski definition) is 3. The molecule has 0 saturated carbocycles. The zero-order chi connectivity index (χ0) is 12.4. The van der Waals surface area contributed by atoms with E-state index in [2.05, 4.69) is 5.32 Å². The van der Waals surface area contributed by atoms with Gasteiger partial charge < -0.3 is 10.4 Å². The summed E-state index contributed by atoms with van der Waals surface area (Å²) >= 11 is 0. The summed E-state index contributed by atoms with van der Waals surface area (Å²) in [4.78, 5) is 21.7. The van der Waals surface area contributed by atoms with Crippen molar-refractivity contribution in [3.05, 3.63) is 0 Å². The molecular formula is C11H23NO3. The first-order chi connectivity index (χ1) is 6.99. The van der Waals surface area contributed by atoms with Crippen LogP contribution < -0.4 is 5.32 Å². The van der Waals surface area contributed by atoms with Crippen LogP contribution in [0.15, 0.2) is 0 Å². The summed E-state index contributed by atoms with van der Waals surface area (Å²) in [5.74, 6) is -0.799. The maximum Gasteiger partial charge on any atom is 0.320 e. The van der Waals surface area contributed by atoms with Crippen molar-refractivity contribution in [2.24, 2.45) is 5.92 Å². The second-order valence-corrected chi connectivity index (χ2v) is 3.34. The highest BCUT2D eigenvalue weighted by atomic mass is 16.4. The van der Waals surface area contributed by atoms with Gasteiger partial charge >= 0.3 is 5.97 Å². The molecule has 0 saturated heterocycles. The Morgan fingerprint density at radius 3 is 2.00 bits per heavy atom. The van der Waals surface area contributed by atoms with Gasteiger partial charge in [0.15, 0.2) is 0 Å². The molecule has 0 fully saturated rings. The molecule has 0 heterocycles. The molecule has 0 aromatic carbocycles. The van der Waals surface area contributed by atoms with Crippen LogP contribution in [0.5, 0.6) is 0 Å². The zero-order valence-electron chi connectivity index (χ0n) is 10.3. The minimum Gasteiger partial charge on any atom is -0.480 e. The SMILES string of the molecule is CC.CNC(CCC(=O)C(C)C)C(=O)O. The molecule has 1 atom stereocenters. The van der Waals surface area contributed by atoms with Crippen LogP contribution in [0.1, 0.15) is 40.5 Å². The average molecular weight is 217 g/mol. The Bertz CT molecular complexity index is 190. The third-order valence-corrected chi connectivity index (χ3v) is 1.97.